The van der Waals surface area contributed by atoms with E-state index in [0.717, 1.165) is 0 Å². The number of nitrogens with one attached hydrogen (secondary N) is 2. The average molecular weight is 354 g/mol. The number of halogens is 3. The van der Waals surface area contributed by atoms with Crippen molar-refractivity contribution >= 4 is 17.5 Å². The van der Waals surface area contributed by atoms with Gasteiger partial charge in [0, 0.05) is 18.3 Å². The summed E-state index contributed by atoms with van der Waals surface area (Å²) in [4.78, 5) is 24.1. The Kier molecular flexibility index (Phi) is 5.15. The van der Waals surface area contributed by atoms with Crippen molar-refractivity contribution in [1.29, 1.82) is 0 Å². The molecule has 0 atom stereocenters. The lowest BCUT2D eigenvalue weighted by molar-refractivity contribution is -0.123. The summed E-state index contributed by atoms with van der Waals surface area (Å²) in [5, 5.41) is 8.51. The molecule has 25 heavy (non-hydrogen) atoms. The van der Waals surface area contributed by atoms with Gasteiger partial charge in [-0.1, -0.05) is 6.07 Å². The van der Waals surface area contributed by atoms with E-state index in [0.29, 0.717) is 22.6 Å². The summed E-state index contributed by atoms with van der Waals surface area (Å²) in [6.45, 7) is 2.03. The van der Waals surface area contributed by atoms with Crippen LogP contribution in [-0.2, 0) is 7.05 Å². The van der Waals surface area contributed by atoms with Crippen molar-refractivity contribution in [3.63, 3.8) is 0 Å². The molecule has 0 bridgehead atoms. The number of hydrogen-bond acceptors (Lipinski definition) is 3. The van der Waals surface area contributed by atoms with Crippen LogP contribution in [0.5, 0.6) is 0 Å². The largest absolute Gasteiger partial charge is 0.405 e. The standard InChI is InChI=1S/C16H17F3N4O2/c1-9-4-5-11(14(24)20-8-16(17,18)19)7-12(9)21-15(25)13-6-10(2)22-23(13)3/h4-7H,8H2,1-3H3,(H,20,24)(H,21,25). The van der Waals surface area contributed by atoms with Crippen LogP contribution >= 0.6 is 0 Å². The number of carbonyl (C=O) groups excluding carboxylic acids is 2. The van der Waals surface area contributed by atoms with Crippen LogP contribution in [0.1, 0.15) is 32.1 Å². The predicted molar refractivity (Wildman–Crippen MR) is 85.5 cm³/mol. The minimum atomic E-state index is -4.49. The molecule has 1 aromatic heterocycles. The Morgan fingerprint density at radius 3 is 2.40 bits per heavy atom. The van der Waals surface area contributed by atoms with Gasteiger partial charge in [0.2, 0.25) is 0 Å². The van der Waals surface area contributed by atoms with Crippen molar-refractivity contribution in [2.45, 2.75) is 20.0 Å². The maximum absolute atomic E-state index is 12.3. The van der Waals surface area contributed by atoms with E-state index in [1.54, 1.807) is 38.3 Å². The number of amides is 2. The first-order chi connectivity index (χ1) is 11.6. The van der Waals surface area contributed by atoms with Crippen LogP contribution in [0.4, 0.5) is 18.9 Å². The number of anilines is 1. The van der Waals surface area contributed by atoms with Crippen molar-refractivity contribution in [2.75, 3.05) is 11.9 Å². The Labute approximate surface area is 142 Å². The summed E-state index contributed by atoms with van der Waals surface area (Å²) < 4.78 is 38.0. The van der Waals surface area contributed by atoms with Gasteiger partial charge in [-0.25, -0.2) is 0 Å². The molecule has 0 spiro atoms. The van der Waals surface area contributed by atoms with Crippen molar-refractivity contribution in [3.05, 3.63) is 46.8 Å². The second-order valence-corrected chi connectivity index (χ2v) is 5.58. The van der Waals surface area contributed by atoms with Crippen LogP contribution < -0.4 is 10.6 Å². The third-order valence-electron chi connectivity index (χ3n) is 3.43. The number of hydrogen-bond donors (Lipinski definition) is 2. The number of benzene rings is 1. The molecule has 2 rings (SSSR count). The molecule has 0 aliphatic carbocycles. The van der Waals surface area contributed by atoms with Gasteiger partial charge in [-0.3, -0.25) is 14.3 Å². The summed E-state index contributed by atoms with van der Waals surface area (Å²) in [7, 11) is 1.62. The molecule has 1 aromatic carbocycles. The van der Waals surface area contributed by atoms with Crippen LogP contribution in [0, 0.1) is 13.8 Å². The number of alkyl halides is 3. The van der Waals surface area contributed by atoms with Gasteiger partial charge >= 0.3 is 6.18 Å². The molecule has 0 aliphatic rings. The van der Waals surface area contributed by atoms with Crippen LogP contribution in [0.15, 0.2) is 24.3 Å². The summed E-state index contributed by atoms with van der Waals surface area (Å²) in [5.74, 6) is -1.30. The lowest BCUT2D eigenvalue weighted by Crippen LogP contribution is -2.33. The molecule has 0 radical (unpaired) electrons. The third kappa shape index (κ3) is 4.82. The Bertz CT molecular complexity index is 812. The fourth-order valence-corrected chi connectivity index (χ4v) is 2.19. The highest BCUT2D eigenvalue weighted by Crippen LogP contribution is 2.19. The smallest absolute Gasteiger partial charge is 0.343 e. The second kappa shape index (κ2) is 6.96. The van der Waals surface area contributed by atoms with Gasteiger partial charge in [0.05, 0.1) is 5.69 Å². The van der Waals surface area contributed by atoms with Gasteiger partial charge < -0.3 is 10.6 Å². The van der Waals surface area contributed by atoms with E-state index >= 15 is 0 Å². The molecule has 134 valence electrons. The Hall–Kier alpha value is -2.84. The maximum atomic E-state index is 12.3. The normalized spacial score (nSPS) is 11.3. The maximum Gasteiger partial charge on any atom is 0.405 e. The van der Waals surface area contributed by atoms with Gasteiger partial charge in [0.1, 0.15) is 12.2 Å². The van der Waals surface area contributed by atoms with E-state index in [2.05, 4.69) is 10.4 Å². The van der Waals surface area contributed by atoms with E-state index in [9.17, 15) is 22.8 Å². The van der Waals surface area contributed by atoms with Crippen molar-refractivity contribution in [3.8, 4) is 0 Å². The molecular weight excluding hydrogens is 337 g/mol. The van der Waals surface area contributed by atoms with Crippen LogP contribution in [0.3, 0.4) is 0 Å². The van der Waals surface area contributed by atoms with Crippen LogP contribution in [0.2, 0.25) is 0 Å². The lowest BCUT2D eigenvalue weighted by Gasteiger charge is -2.12. The fraction of sp³-hybridized carbons (Fsp3) is 0.312. The van der Waals surface area contributed by atoms with E-state index in [1.807, 2.05) is 0 Å². The van der Waals surface area contributed by atoms with Crippen molar-refractivity contribution in [1.82, 2.24) is 15.1 Å². The number of rotatable bonds is 4. The Morgan fingerprint density at radius 1 is 1.16 bits per heavy atom. The van der Waals surface area contributed by atoms with Gasteiger partial charge in [-0.2, -0.15) is 18.3 Å². The van der Waals surface area contributed by atoms with Gasteiger partial charge in [-0.05, 0) is 37.6 Å². The molecule has 0 aliphatic heterocycles. The first-order valence-corrected chi connectivity index (χ1v) is 7.34. The zero-order valence-corrected chi connectivity index (χ0v) is 13.9. The lowest BCUT2D eigenvalue weighted by atomic mass is 10.1. The minimum absolute atomic E-state index is 0.0198. The third-order valence-corrected chi connectivity index (χ3v) is 3.43. The number of aromatic nitrogens is 2. The monoisotopic (exact) mass is 354 g/mol. The second-order valence-electron chi connectivity index (χ2n) is 5.58. The topological polar surface area (TPSA) is 76.0 Å². The molecule has 0 saturated carbocycles. The molecule has 1 heterocycles. The predicted octanol–water partition coefficient (Wildman–Crippen LogP) is 2.58. The zero-order valence-electron chi connectivity index (χ0n) is 13.9. The summed E-state index contributed by atoms with van der Waals surface area (Å²) in [6.07, 6.45) is -4.49. The summed E-state index contributed by atoms with van der Waals surface area (Å²) in [5.41, 5.74) is 2.02. The molecule has 2 aromatic rings. The van der Waals surface area contributed by atoms with Crippen molar-refractivity contribution < 1.29 is 22.8 Å². The molecule has 0 saturated heterocycles. The molecule has 0 unspecified atom stereocenters. The summed E-state index contributed by atoms with van der Waals surface area (Å²) in [6, 6.07) is 5.88. The van der Waals surface area contributed by atoms with E-state index in [-0.39, 0.29) is 5.56 Å². The highest BCUT2D eigenvalue weighted by Gasteiger charge is 2.28. The highest BCUT2D eigenvalue weighted by molar-refractivity contribution is 6.04. The SMILES string of the molecule is Cc1cc(C(=O)Nc2cc(C(=O)NCC(F)(F)F)ccc2C)n(C)n1. The number of nitrogens with zero attached hydrogens (tertiary/aromatic N) is 2. The average Bonchev–Trinajstić information content (AvgIpc) is 2.85. The van der Waals surface area contributed by atoms with E-state index < -0.39 is 24.5 Å². The molecule has 2 N–H and O–H groups in total. The van der Waals surface area contributed by atoms with Gasteiger partial charge in [0.15, 0.2) is 0 Å². The highest BCUT2D eigenvalue weighted by atomic mass is 19.4. The fourth-order valence-electron chi connectivity index (χ4n) is 2.19. The van der Waals surface area contributed by atoms with Crippen LogP contribution in [-0.4, -0.2) is 34.3 Å². The molecule has 2 amide bonds. The van der Waals surface area contributed by atoms with Gasteiger partial charge in [0.25, 0.3) is 11.8 Å². The molecule has 6 nitrogen and oxygen atoms in total. The van der Waals surface area contributed by atoms with Crippen molar-refractivity contribution in [2.24, 2.45) is 7.05 Å². The minimum Gasteiger partial charge on any atom is -0.343 e. The first kappa shape index (κ1) is 18.5. The number of carbonyl (C=O) groups is 2. The Balaban J connectivity index is 2.17. The zero-order chi connectivity index (χ0) is 18.8. The quantitative estimate of drug-likeness (QED) is 0.886. The Morgan fingerprint density at radius 2 is 1.84 bits per heavy atom. The van der Waals surface area contributed by atoms with Crippen LogP contribution in [0.25, 0.3) is 0 Å². The van der Waals surface area contributed by atoms with Gasteiger partial charge in [-0.15, -0.1) is 0 Å². The number of aryl methyl sites for hydroxylation is 3. The molecular formula is C16H17F3N4O2. The molecule has 9 heteroatoms. The van der Waals surface area contributed by atoms with E-state index in [4.69, 9.17) is 0 Å². The summed E-state index contributed by atoms with van der Waals surface area (Å²) >= 11 is 0. The molecule has 0 fully saturated rings. The first-order valence-electron chi connectivity index (χ1n) is 7.34. The van der Waals surface area contributed by atoms with E-state index in [1.165, 1.54) is 16.8 Å².